The zero-order valence-corrected chi connectivity index (χ0v) is 26.1. The molecule has 3 N–H and O–H groups in total. The van der Waals surface area contributed by atoms with Gasteiger partial charge in [-0.05, 0) is 113 Å². The summed E-state index contributed by atoms with van der Waals surface area (Å²) in [5, 5.41) is 10.5. The average Bonchev–Trinajstić information content (AvgIpc) is 3.36. The van der Waals surface area contributed by atoms with E-state index in [1.54, 1.807) is 30.5 Å². The number of aromatic nitrogens is 2. The minimum atomic E-state index is -0.588. The van der Waals surface area contributed by atoms with Gasteiger partial charge >= 0.3 is 6.09 Å². The third-order valence-corrected chi connectivity index (χ3v) is 9.72. The summed E-state index contributed by atoms with van der Waals surface area (Å²) in [6.45, 7) is 5.45. The topological polar surface area (TPSA) is 105 Å². The van der Waals surface area contributed by atoms with Crippen molar-refractivity contribution in [1.82, 2.24) is 15.3 Å². The lowest BCUT2D eigenvalue weighted by atomic mass is 9.50. The van der Waals surface area contributed by atoms with Crippen LogP contribution < -0.4 is 16.0 Å². The second-order valence-corrected chi connectivity index (χ2v) is 14.6. The SMILES string of the molecule is CC(C)(C)OC(=O)Nc1ccc(C(=O)NC23CC4CC(C2)CC(Nc2ncc(Cl)c(C5=CCc6ccccc65)n2)(C4)C3)cc1. The fourth-order valence-electron chi connectivity index (χ4n) is 8.36. The Labute approximate surface area is 263 Å². The van der Waals surface area contributed by atoms with Crippen molar-refractivity contribution < 1.29 is 14.3 Å². The number of carbonyl (C=O) groups is 2. The Morgan fingerprint density at radius 1 is 0.977 bits per heavy atom. The molecule has 44 heavy (non-hydrogen) atoms. The number of hydrogen-bond acceptors (Lipinski definition) is 6. The van der Waals surface area contributed by atoms with Crippen molar-refractivity contribution in [2.24, 2.45) is 11.8 Å². The number of anilines is 2. The van der Waals surface area contributed by atoms with Gasteiger partial charge in [0.2, 0.25) is 5.95 Å². The van der Waals surface area contributed by atoms with E-state index in [4.69, 9.17) is 21.3 Å². The Morgan fingerprint density at radius 3 is 2.41 bits per heavy atom. The summed E-state index contributed by atoms with van der Waals surface area (Å²) >= 11 is 6.65. The zero-order valence-electron chi connectivity index (χ0n) is 25.4. The van der Waals surface area contributed by atoms with E-state index >= 15 is 0 Å². The summed E-state index contributed by atoms with van der Waals surface area (Å²) < 4.78 is 5.33. The normalized spacial score (nSPS) is 26.5. The number of fused-ring (bicyclic) bond motifs is 1. The fraction of sp³-hybridized carbons (Fsp3) is 0.429. The first-order valence-corrected chi connectivity index (χ1v) is 15.9. The number of nitrogens with one attached hydrogen (secondary N) is 3. The minimum Gasteiger partial charge on any atom is -0.444 e. The average molecular weight is 612 g/mol. The van der Waals surface area contributed by atoms with Crippen LogP contribution in [-0.4, -0.2) is 38.6 Å². The van der Waals surface area contributed by atoms with E-state index in [9.17, 15) is 9.59 Å². The first-order valence-electron chi connectivity index (χ1n) is 15.5. The number of hydrogen-bond donors (Lipinski definition) is 3. The Kier molecular flexibility index (Phi) is 6.96. The van der Waals surface area contributed by atoms with Crippen molar-refractivity contribution in [3.63, 3.8) is 0 Å². The van der Waals surface area contributed by atoms with Gasteiger partial charge in [-0.2, -0.15) is 0 Å². The summed E-state index contributed by atoms with van der Waals surface area (Å²) in [6.07, 6.45) is 10.3. The Morgan fingerprint density at radius 2 is 1.68 bits per heavy atom. The van der Waals surface area contributed by atoms with Gasteiger partial charge in [0.05, 0.1) is 16.9 Å². The summed E-state index contributed by atoms with van der Waals surface area (Å²) in [6, 6.07) is 15.3. The number of benzene rings is 2. The Bertz CT molecular complexity index is 1650. The van der Waals surface area contributed by atoms with Crippen LogP contribution in [0.2, 0.25) is 5.02 Å². The molecule has 228 valence electrons. The molecule has 0 aliphatic heterocycles. The van der Waals surface area contributed by atoms with E-state index in [0.717, 1.165) is 49.8 Å². The molecule has 0 radical (unpaired) electrons. The standard InChI is InChI=1S/C35H38ClN5O3/c1-33(2,3)44-32(43)38-25-11-8-24(9-12-25)30(42)40-34-15-21-14-22(16-34)18-35(17-21,20-34)41-31-37-19-28(36)29(39-31)27-13-10-23-6-4-5-7-26(23)27/h4-9,11-13,19,21-22H,10,14-18,20H2,1-3H3,(H,38,43)(H,40,42)(H,37,39,41). The highest BCUT2D eigenvalue weighted by Gasteiger charge is 2.58. The lowest BCUT2D eigenvalue weighted by Gasteiger charge is -2.62. The number of amides is 2. The molecule has 8 nitrogen and oxygen atoms in total. The lowest BCUT2D eigenvalue weighted by molar-refractivity contribution is -0.0239. The molecule has 0 saturated heterocycles. The predicted octanol–water partition coefficient (Wildman–Crippen LogP) is 7.40. The molecule has 4 fully saturated rings. The third-order valence-electron chi connectivity index (χ3n) is 9.44. The van der Waals surface area contributed by atoms with Crippen molar-refractivity contribution >= 4 is 40.8 Å². The second kappa shape index (κ2) is 10.6. The highest BCUT2D eigenvalue weighted by molar-refractivity contribution is 6.32. The second-order valence-electron chi connectivity index (χ2n) is 14.2. The number of allylic oxidation sites excluding steroid dienone is 1. The van der Waals surface area contributed by atoms with Crippen LogP contribution in [0.4, 0.5) is 16.4 Å². The molecule has 2 atom stereocenters. The van der Waals surface area contributed by atoms with E-state index in [-0.39, 0.29) is 17.0 Å². The molecule has 1 aromatic heterocycles. The smallest absolute Gasteiger partial charge is 0.412 e. The molecule has 5 aliphatic rings. The number of rotatable bonds is 6. The van der Waals surface area contributed by atoms with Gasteiger partial charge in [-0.3, -0.25) is 10.1 Å². The quantitative estimate of drug-likeness (QED) is 0.268. The van der Waals surface area contributed by atoms with Crippen molar-refractivity contribution in [3.05, 3.63) is 88.2 Å². The van der Waals surface area contributed by atoms with E-state index < -0.39 is 11.7 Å². The van der Waals surface area contributed by atoms with Crippen molar-refractivity contribution in [2.75, 3.05) is 10.6 Å². The highest BCUT2D eigenvalue weighted by Crippen LogP contribution is 2.58. The third kappa shape index (κ3) is 5.68. The molecular formula is C35H38ClN5O3. The first-order chi connectivity index (χ1) is 21.0. The summed E-state index contributed by atoms with van der Waals surface area (Å²) in [4.78, 5) is 35.3. The maximum absolute atomic E-state index is 13.6. The van der Waals surface area contributed by atoms with Crippen LogP contribution in [0.5, 0.6) is 0 Å². The molecule has 2 unspecified atom stereocenters. The van der Waals surface area contributed by atoms with E-state index in [2.05, 4.69) is 45.2 Å². The molecule has 2 aromatic carbocycles. The number of halogens is 1. The van der Waals surface area contributed by atoms with Crippen LogP contribution in [0, 0.1) is 11.8 Å². The van der Waals surface area contributed by atoms with E-state index in [0.29, 0.717) is 34.1 Å². The summed E-state index contributed by atoms with van der Waals surface area (Å²) in [5.41, 5.74) is 4.33. The predicted molar refractivity (Wildman–Crippen MR) is 172 cm³/mol. The van der Waals surface area contributed by atoms with Crippen LogP contribution in [0.15, 0.2) is 60.8 Å². The molecule has 8 rings (SSSR count). The molecule has 9 heteroatoms. The van der Waals surface area contributed by atoms with Gasteiger partial charge in [0.1, 0.15) is 5.60 Å². The molecule has 3 aromatic rings. The Balaban J connectivity index is 1.07. The van der Waals surface area contributed by atoms with Gasteiger partial charge in [-0.1, -0.05) is 41.9 Å². The van der Waals surface area contributed by atoms with Gasteiger partial charge < -0.3 is 15.4 Å². The zero-order chi connectivity index (χ0) is 30.7. The van der Waals surface area contributed by atoms with Crippen molar-refractivity contribution in [2.45, 2.75) is 82.4 Å². The Hall–Kier alpha value is -3.91. The van der Waals surface area contributed by atoms with Gasteiger partial charge in [0.15, 0.2) is 0 Å². The maximum Gasteiger partial charge on any atom is 0.412 e. The largest absolute Gasteiger partial charge is 0.444 e. The number of carbonyl (C=O) groups excluding carboxylic acids is 2. The number of nitrogens with zero attached hydrogens (tertiary/aromatic N) is 2. The van der Waals surface area contributed by atoms with E-state index in [1.165, 1.54) is 17.5 Å². The maximum atomic E-state index is 13.6. The monoisotopic (exact) mass is 611 g/mol. The van der Waals surface area contributed by atoms with Crippen LogP contribution >= 0.6 is 11.6 Å². The first kappa shape index (κ1) is 28.8. The van der Waals surface area contributed by atoms with Crippen LogP contribution in [-0.2, 0) is 11.2 Å². The summed E-state index contributed by atoms with van der Waals surface area (Å²) in [5.74, 6) is 1.55. The summed E-state index contributed by atoms with van der Waals surface area (Å²) in [7, 11) is 0. The minimum absolute atomic E-state index is 0.0946. The molecule has 4 saturated carbocycles. The molecular weight excluding hydrogens is 574 g/mol. The van der Waals surface area contributed by atoms with Gasteiger partial charge in [0, 0.05) is 27.9 Å². The highest BCUT2D eigenvalue weighted by atomic mass is 35.5. The van der Waals surface area contributed by atoms with Crippen LogP contribution in [0.1, 0.15) is 86.5 Å². The molecule has 5 aliphatic carbocycles. The van der Waals surface area contributed by atoms with Gasteiger partial charge in [-0.25, -0.2) is 14.8 Å². The fourth-order valence-corrected chi connectivity index (χ4v) is 8.55. The van der Waals surface area contributed by atoms with Crippen LogP contribution in [0.25, 0.3) is 5.57 Å². The van der Waals surface area contributed by atoms with Crippen molar-refractivity contribution in [3.8, 4) is 0 Å². The molecule has 2 amide bonds. The van der Waals surface area contributed by atoms with E-state index in [1.807, 2.05) is 26.8 Å². The van der Waals surface area contributed by atoms with Gasteiger partial charge in [-0.15, -0.1) is 0 Å². The molecule has 0 spiro atoms. The van der Waals surface area contributed by atoms with Crippen molar-refractivity contribution in [1.29, 1.82) is 0 Å². The molecule has 4 bridgehead atoms. The molecule has 1 heterocycles. The van der Waals surface area contributed by atoms with Gasteiger partial charge in [0.25, 0.3) is 5.91 Å². The van der Waals surface area contributed by atoms with Crippen LogP contribution in [0.3, 0.4) is 0 Å². The lowest BCUT2D eigenvalue weighted by Crippen LogP contribution is -2.67. The number of ether oxygens (including phenoxy) is 1.